The van der Waals surface area contributed by atoms with Gasteiger partial charge in [0.05, 0.1) is 12.2 Å². The van der Waals surface area contributed by atoms with Gasteiger partial charge in [0.1, 0.15) is 17.2 Å². The lowest BCUT2D eigenvalue weighted by atomic mass is 9.77. The van der Waals surface area contributed by atoms with E-state index in [0.29, 0.717) is 6.61 Å². The van der Waals surface area contributed by atoms with Crippen molar-refractivity contribution in [3.63, 3.8) is 0 Å². The van der Waals surface area contributed by atoms with Crippen LogP contribution in [-0.2, 0) is 4.74 Å². The first-order valence-electron chi connectivity index (χ1n) is 6.77. The van der Waals surface area contributed by atoms with Gasteiger partial charge in [0, 0.05) is 30.9 Å². The molecule has 0 aromatic heterocycles. The SMILES string of the molecule is CC1(C)CC2(CCO1)C[C@@H](N)c1cc(F)ccc1O2. The van der Waals surface area contributed by atoms with Crippen LogP contribution >= 0.6 is 0 Å². The van der Waals surface area contributed by atoms with Crippen molar-refractivity contribution < 1.29 is 13.9 Å². The summed E-state index contributed by atoms with van der Waals surface area (Å²) < 4.78 is 25.2. The van der Waals surface area contributed by atoms with Gasteiger partial charge in [-0.05, 0) is 32.0 Å². The van der Waals surface area contributed by atoms with E-state index < -0.39 is 0 Å². The van der Waals surface area contributed by atoms with Gasteiger partial charge in [0.15, 0.2) is 0 Å². The van der Waals surface area contributed by atoms with Gasteiger partial charge >= 0.3 is 0 Å². The van der Waals surface area contributed by atoms with Gasteiger partial charge in [-0.15, -0.1) is 0 Å². The van der Waals surface area contributed by atoms with Crippen LogP contribution in [0.25, 0.3) is 0 Å². The second-order valence-corrected chi connectivity index (χ2v) is 6.31. The lowest BCUT2D eigenvalue weighted by molar-refractivity contribution is -0.141. The Hall–Kier alpha value is -1.13. The van der Waals surface area contributed by atoms with Crippen LogP contribution in [0.1, 0.15) is 44.7 Å². The summed E-state index contributed by atoms with van der Waals surface area (Å²) >= 11 is 0. The van der Waals surface area contributed by atoms with Crippen LogP contribution < -0.4 is 10.5 Å². The number of hydrogen-bond donors (Lipinski definition) is 1. The Kier molecular flexibility index (Phi) is 2.84. The second kappa shape index (κ2) is 4.18. The first kappa shape index (κ1) is 12.9. The van der Waals surface area contributed by atoms with E-state index in [1.807, 2.05) is 0 Å². The first-order chi connectivity index (χ1) is 8.89. The van der Waals surface area contributed by atoms with Crippen molar-refractivity contribution in [2.24, 2.45) is 5.73 Å². The van der Waals surface area contributed by atoms with Crippen molar-refractivity contribution in [3.8, 4) is 5.75 Å². The number of nitrogens with two attached hydrogens (primary N) is 1. The Morgan fingerprint density at radius 2 is 2.16 bits per heavy atom. The zero-order valence-electron chi connectivity index (χ0n) is 11.4. The summed E-state index contributed by atoms with van der Waals surface area (Å²) in [7, 11) is 0. The van der Waals surface area contributed by atoms with Gasteiger partial charge in [-0.1, -0.05) is 0 Å². The molecule has 3 rings (SSSR count). The Morgan fingerprint density at radius 1 is 1.37 bits per heavy atom. The Balaban J connectivity index is 1.94. The predicted octanol–water partition coefficient (Wildman–Crippen LogP) is 2.94. The Morgan fingerprint density at radius 3 is 2.89 bits per heavy atom. The van der Waals surface area contributed by atoms with E-state index >= 15 is 0 Å². The van der Waals surface area contributed by atoms with Crippen molar-refractivity contribution in [1.82, 2.24) is 0 Å². The van der Waals surface area contributed by atoms with E-state index in [1.54, 1.807) is 6.07 Å². The quantitative estimate of drug-likeness (QED) is 0.784. The number of rotatable bonds is 0. The molecule has 19 heavy (non-hydrogen) atoms. The Labute approximate surface area is 112 Å². The minimum atomic E-state index is -0.272. The van der Waals surface area contributed by atoms with Crippen molar-refractivity contribution >= 4 is 0 Å². The third kappa shape index (κ3) is 2.35. The maximum atomic E-state index is 13.3. The molecule has 0 aliphatic carbocycles. The van der Waals surface area contributed by atoms with Crippen LogP contribution in [0.15, 0.2) is 18.2 Å². The van der Waals surface area contributed by atoms with Gasteiger partial charge < -0.3 is 15.2 Å². The maximum Gasteiger partial charge on any atom is 0.125 e. The summed E-state index contributed by atoms with van der Waals surface area (Å²) in [6.45, 7) is 4.82. The zero-order valence-corrected chi connectivity index (χ0v) is 11.4. The summed E-state index contributed by atoms with van der Waals surface area (Å²) in [6, 6.07) is 4.42. The molecule has 1 spiro atoms. The first-order valence-corrected chi connectivity index (χ1v) is 6.77. The molecular formula is C15H20FNO2. The highest BCUT2D eigenvalue weighted by Crippen LogP contribution is 2.46. The lowest BCUT2D eigenvalue weighted by Gasteiger charge is -2.48. The van der Waals surface area contributed by atoms with Crippen LogP contribution in [0.2, 0.25) is 0 Å². The fourth-order valence-corrected chi connectivity index (χ4v) is 3.38. The number of benzene rings is 1. The molecule has 0 bridgehead atoms. The molecule has 1 fully saturated rings. The highest BCUT2D eigenvalue weighted by atomic mass is 19.1. The van der Waals surface area contributed by atoms with Gasteiger partial charge in [-0.25, -0.2) is 4.39 Å². The highest BCUT2D eigenvalue weighted by Gasteiger charge is 2.46. The summed E-state index contributed by atoms with van der Waals surface area (Å²) in [4.78, 5) is 0. The molecule has 2 aliphatic heterocycles. The van der Waals surface area contributed by atoms with Crippen LogP contribution in [0.3, 0.4) is 0 Å². The molecule has 2 atom stereocenters. The van der Waals surface area contributed by atoms with E-state index in [2.05, 4.69) is 13.8 Å². The fraction of sp³-hybridized carbons (Fsp3) is 0.600. The molecule has 3 nitrogen and oxygen atoms in total. The van der Waals surface area contributed by atoms with E-state index in [1.165, 1.54) is 12.1 Å². The molecule has 2 heterocycles. The van der Waals surface area contributed by atoms with Crippen molar-refractivity contribution in [1.29, 1.82) is 0 Å². The lowest BCUT2D eigenvalue weighted by Crippen LogP contribution is -2.52. The molecule has 1 unspecified atom stereocenters. The van der Waals surface area contributed by atoms with Gasteiger partial charge in [-0.3, -0.25) is 0 Å². The van der Waals surface area contributed by atoms with Crippen molar-refractivity contribution in [3.05, 3.63) is 29.6 Å². The van der Waals surface area contributed by atoms with Crippen molar-refractivity contribution in [2.45, 2.75) is 50.4 Å². The highest BCUT2D eigenvalue weighted by molar-refractivity contribution is 5.39. The maximum absolute atomic E-state index is 13.3. The largest absolute Gasteiger partial charge is 0.487 e. The van der Waals surface area contributed by atoms with E-state index in [0.717, 1.165) is 30.6 Å². The Bertz CT molecular complexity index is 503. The summed E-state index contributed by atoms with van der Waals surface area (Å²) in [5.41, 5.74) is 6.52. The molecule has 1 saturated heterocycles. The van der Waals surface area contributed by atoms with Crippen LogP contribution in [0.5, 0.6) is 5.75 Å². The third-order valence-electron chi connectivity index (χ3n) is 4.09. The third-order valence-corrected chi connectivity index (χ3v) is 4.09. The number of fused-ring (bicyclic) bond motifs is 1. The molecule has 0 saturated carbocycles. The van der Waals surface area contributed by atoms with E-state index in [-0.39, 0.29) is 23.1 Å². The van der Waals surface area contributed by atoms with Crippen LogP contribution in [0, 0.1) is 5.82 Å². The second-order valence-electron chi connectivity index (χ2n) is 6.31. The van der Waals surface area contributed by atoms with Gasteiger partial charge in [-0.2, -0.15) is 0 Å². The molecule has 2 N–H and O–H groups in total. The standard InChI is InChI=1S/C15H20FNO2/c1-14(2)9-15(5-6-18-14)8-12(17)11-7-10(16)3-4-13(11)19-15/h3-4,7,12H,5-6,8-9,17H2,1-2H3/t12-,15?/m1/s1. The normalized spacial score (nSPS) is 32.7. The fourth-order valence-electron chi connectivity index (χ4n) is 3.38. The predicted molar refractivity (Wildman–Crippen MR) is 70.6 cm³/mol. The molecule has 1 aromatic carbocycles. The molecule has 104 valence electrons. The van der Waals surface area contributed by atoms with E-state index in [9.17, 15) is 4.39 Å². The summed E-state index contributed by atoms with van der Waals surface area (Å²) in [5, 5.41) is 0. The minimum Gasteiger partial charge on any atom is -0.487 e. The molecule has 0 amide bonds. The minimum absolute atomic E-state index is 0.173. The van der Waals surface area contributed by atoms with Gasteiger partial charge in [0.25, 0.3) is 0 Å². The van der Waals surface area contributed by atoms with Gasteiger partial charge in [0.2, 0.25) is 0 Å². The molecule has 1 aromatic rings. The van der Waals surface area contributed by atoms with Crippen LogP contribution in [0.4, 0.5) is 4.39 Å². The number of ether oxygens (including phenoxy) is 2. The van der Waals surface area contributed by atoms with Crippen molar-refractivity contribution in [2.75, 3.05) is 6.61 Å². The average molecular weight is 265 g/mol. The summed E-state index contributed by atoms with van der Waals surface area (Å²) in [6.07, 6.45) is 2.36. The molecule has 4 heteroatoms. The van der Waals surface area contributed by atoms with E-state index in [4.69, 9.17) is 15.2 Å². The zero-order chi connectivity index (χ0) is 13.7. The average Bonchev–Trinajstić information content (AvgIpc) is 2.29. The monoisotopic (exact) mass is 265 g/mol. The molecule has 2 aliphatic rings. The van der Waals surface area contributed by atoms with Crippen LogP contribution in [-0.4, -0.2) is 17.8 Å². The topological polar surface area (TPSA) is 44.5 Å². The smallest absolute Gasteiger partial charge is 0.125 e. The summed E-state index contributed by atoms with van der Waals surface area (Å²) in [5.74, 6) is 0.457. The number of hydrogen-bond acceptors (Lipinski definition) is 3. The molecular weight excluding hydrogens is 245 g/mol. The molecule has 0 radical (unpaired) electrons. The number of halogens is 1.